The van der Waals surface area contributed by atoms with Crippen LogP contribution in [0.1, 0.15) is 323 Å². The van der Waals surface area contributed by atoms with E-state index >= 15 is 0 Å². The smallest absolute Gasteiger partial charge is 0.306 e. The fourth-order valence-corrected chi connectivity index (χ4v) is 8.66. The molecule has 0 saturated heterocycles. The van der Waals surface area contributed by atoms with E-state index in [0.29, 0.717) is 19.3 Å². The molecule has 1 atom stereocenters. The van der Waals surface area contributed by atoms with E-state index in [2.05, 4.69) is 32.9 Å². The van der Waals surface area contributed by atoms with Gasteiger partial charge in [0.25, 0.3) is 0 Å². The molecule has 0 fully saturated rings. The van der Waals surface area contributed by atoms with Crippen LogP contribution < -0.4 is 0 Å². The van der Waals surface area contributed by atoms with E-state index < -0.39 is 6.10 Å². The van der Waals surface area contributed by atoms with Crippen molar-refractivity contribution >= 4 is 17.9 Å². The van der Waals surface area contributed by atoms with Crippen molar-refractivity contribution in [2.75, 3.05) is 13.2 Å². The fraction of sp³-hybridized carbons (Fsp3) is 0.914. The molecule has 0 aliphatic carbocycles. The Balaban J connectivity index is 4.19. The monoisotopic (exact) mass is 903 g/mol. The Morgan fingerprint density at radius 2 is 0.531 bits per heavy atom. The van der Waals surface area contributed by atoms with E-state index in [1.54, 1.807) is 0 Å². The highest BCUT2D eigenvalue weighted by Crippen LogP contribution is 2.17. The lowest BCUT2D eigenvalue weighted by Gasteiger charge is -2.18. The zero-order valence-corrected chi connectivity index (χ0v) is 43.3. The van der Waals surface area contributed by atoms with Gasteiger partial charge in [0.05, 0.1) is 0 Å². The molecule has 0 aliphatic rings. The number of allylic oxidation sites excluding steroid dienone is 2. The lowest BCUT2D eigenvalue weighted by atomic mass is 10.0. The van der Waals surface area contributed by atoms with Crippen LogP contribution in [0.5, 0.6) is 0 Å². The van der Waals surface area contributed by atoms with Crippen LogP contribution in [-0.4, -0.2) is 37.2 Å². The Kier molecular flexibility index (Phi) is 52.2. The van der Waals surface area contributed by atoms with Gasteiger partial charge in [-0.25, -0.2) is 0 Å². The first-order chi connectivity index (χ1) is 31.5. The molecule has 0 amide bonds. The Morgan fingerprint density at radius 1 is 0.297 bits per heavy atom. The maximum atomic E-state index is 12.8. The lowest BCUT2D eigenvalue weighted by Crippen LogP contribution is -2.30. The molecule has 0 saturated carbocycles. The van der Waals surface area contributed by atoms with E-state index in [4.69, 9.17) is 14.2 Å². The molecule has 0 rings (SSSR count). The number of hydrogen-bond acceptors (Lipinski definition) is 6. The Bertz CT molecular complexity index is 993. The van der Waals surface area contributed by atoms with Gasteiger partial charge >= 0.3 is 17.9 Å². The van der Waals surface area contributed by atoms with Crippen molar-refractivity contribution in [3.8, 4) is 0 Å². The summed E-state index contributed by atoms with van der Waals surface area (Å²) in [5.41, 5.74) is 0. The molecule has 0 bridgehead atoms. The minimum absolute atomic E-state index is 0.0668. The third kappa shape index (κ3) is 51.1. The molecule has 0 spiro atoms. The molecule has 0 N–H and O–H groups in total. The van der Waals surface area contributed by atoms with E-state index in [9.17, 15) is 14.4 Å². The van der Waals surface area contributed by atoms with Gasteiger partial charge in [-0.15, -0.1) is 0 Å². The van der Waals surface area contributed by atoms with Gasteiger partial charge in [-0.3, -0.25) is 14.4 Å². The summed E-state index contributed by atoms with van der Waals surface area (Å²) in [4.78, 5) is 38.0. The van der Waals surface area contributed by atoms with Crippen molar-refractivity contribution in [1.82, 2.24) is 0 Å². The second kappa shape index (κ2) is 53.8. The summed E-state index contributed by atoms with van der Waals surface area (Å²) < 4.78 is 16.8. The van der Waals surface area contributed by atoms with E-state index in [0.717, 1.165) is 64.2 Å². The first-order valence-electron chi connectivity index (χ1n) is 28.7. The van der Waals surface area contributed by atoms with Gasteiger partial charge in [0.1, 0.15) is 13.2 Å². The number of carbonyl (C=O) groups is 3. The van der Waals surface area contributed by atoms with Gasteiger partial charge in [-0.05, 0) is 38.5 Å². The Morgan fingerprint density at radius 3 is 0.828 bits per heavy atom. The molecular formula is C58H110O6. The Hall–Kier alpha value is -1.85. The van der Waals surface area contributed by atoms with Crippen molar-refractivity contribution < 1.29 is 28.6 Å². The van der Waals surface area contributed by atoms with Crippen molar-refractivity contribution in [3.05, 3.63) is 12.2 Å². The average molecular weight is 904 g/mol. The first-order valence-corrected chi connectivity index (χ1v) is 28.7. The largest absolute Gasteiger partial charge is 0.462 e. The van der Waals surface area contributed by atoms with Crippen LogP contribution in [0.4, 0.5) is 0 Å². The van der Waals surface area contributed by atoms with Gasteiger partial charge < -0.3 is 14.2 Å². The van der Waals surface area contributed by atoms with Crippen LogP contribution >= 0.6 is 0 Å². The molecule has 0 aromatic carbocycles. The van der Waals surface area contributed by atoms with Crippen LogP contribution in [-0.2, 0) is 28.6 Å². The maximum absolute atomic E-state index is 12.8. The Labute approximate surface area is 399 Å². The van der Waals surface area contributed by atoms with E-state index in [1.165, 1.54) is 218 Å². The molecule has 0 aliphatic heterocycles. The third-order valence-corrected chi connectivity index (χ3v) is 13.0. The average Bonchev–Trinajstić information content (AvgIpc) is 3.29. The van der Waals surface area contributed by atoms with E-state index in [-0.39, 0.29) is 31.1 Å². The van der Waals surface area contributed by atoms with Crippen LogP contribution in [0.3, 0.4) is 0 Å². The molecule has 64 heavy (non-hydrogen) atoms. The highest BCUT2D eigenvalue weighted by atomic mass is 16.6. The van der Waals surface area contributed by atoms with Gasteiger partial charge in [-0.1, -0.05) is 277 Å². The molecule has 0 aromatic heterocycles. The summed E-state index contributed by atoms with van der Waals surface area (Å²) in [6.07, 6.45) is 60.7. The summed E-state index contributed by atoms with van der Waals surface area (Å²) >= 11 is 0. The fourth-order valence-electron chi connectivity index (χ4n) is 8.66. The number of rotatable bonds is 53. The van der Waals surface area contributed by atoms with Crippen molar-refractivity contribution in [1.29, 1.82) is 0 Å². The van der Waals surface area contributed by atoms with Crippen molar-refractivity contribution in [2.24, 2.45) is 0 Å². The summed E-state index contributed by atoms with van der Waals surface area (Å²) in [7, 11) is 0. The first kappa shape index (κ1) is 62.1. The van der Waals surface area contributed by atoms with Gasteiger partial charge in [0.2, 0.25) is 0 Å². The van der Waals surface area contributed by atoms with Gasteiger partial charge in [0, 0.05) is 19.3 Å². The molecule has 0 heterocycles. The maximum Gasteiger partial charge on any atom is 0.306 e. The zero-order chi connectivity index (χ0) is 46.5. The van der Waals surface area contributed by atoms with Crippen molar-refractivity contribution in [2.45, 2.75) is 329 Å². The minimum atomic E-state index is -0.766. The predicted molar refractivity (Wildman–Crippen MR) is 275 cm³/mol. The second-order valence-electron chi connectivity index (χ2n) is 19.6. The quantitative estimate of drug-likeness (QED) is 0.0262. The number of unbranched alkanes of at least 4 members (excludes halogenated alkanes) is 40. The molecule has 0 aromatic rings. The summed E-state index contributed by atoms with van der Waals surface area (Å²) in [6.45, 7) is 6.64. The number of hydrogen-bond donors (Lipinski definition) is 0. The number of ether oxygens (including phenoxy) is 3. The number of esters is 3. The molecule has 1 unspecified atom stereocenters. The third-order valence-electron chi connectivity index (χ3n) is 13.0. The van der Waals surface area contributed by atoms with Gasteiger partial charge in [0.15, 0.2) is 6.10 Å². The predicted octanol–water partition coefficient (Wildman–Crippen LogP) is 18.9. The van der Waals surface area contributed by atoms with Crippen LogP contribution in [0, 0.1) is 0 Å². The minimum Gasteiger partial charge on any atom is -0.462 e. The standard InChI is InChI=1S/C58H110O6/c1-4-7-10-13-16-19-22-24-25-26-27-28-29-30-31-32-34-36-39-42-45-48-51-57(60)63-54-55(53-62-56(59)50-47-44-41-38-35-21-18-15-12-9-6-3)64-58(61)52-49-46-43-40-37-33-23-20-17-14-11-8-5-2/h15,18,55H,4-14,16-17,19-54H2,1-3H3/b18-15-. The lowest BCUT2D eigenvalue weighted by molar-refractivity contribution is -0.167. The van der Waals surface area contributed by atoms with E-state index in [1.807, 2.05) is 0 Å². The highest BCUT2D eigenvalue weighted by Gasteiger charge is 2.19. The topological polar surface area (TPSA) is 78.9 Å². The highest BCUT2D eigenvalue weighted by molar-refractivity contribution is 5.71. The summed E-state index contributed by atoms with van der Waals surface area (Å²) in [5.74, 6) is -0.856. The van der Waals surface area contributed by atoms with Crippen LogP contribution in [0.15, 0.2) is 12.2 Å². The molecule has 0 radical (unpaired) electrons. The summed E-state index contributed by atoms with van der Waals surface area (Å²) in [5, 5.41) is 0. The number of carbonyl (C=O) groups excluding carboxylic acids is 3. The van der Waals surface area contributed by atoms with Crippen molar-refractivity contribution in [3.63, 3.8) is 0 Å². The second-order valence-corrected chi connectivity index (χ2v) is 19.6. The molecule has 378 valence electrons. The normalized spacial score (nSPS) is 12.0. The zero-order valence-electron chi connectivity index (χ0n) is 43.3. The van der Waals surface area contributed by atoms with Crippen LogP contribution in [0.25, 0.3) is 0 Å². The van der Waals surface area contributed by atoms with Crippen LogP contribution in [0.2, 0.25) is 0 Å². The molecule has 6 nitrogen and oxygen atoms in total. The molecular weight excluding hydrogens is 793 g/mol. The summed E-state index contributed by atoms with van der Waals surface area (Å²) in [6, 6.07) is 0. The SMILES string of the molecule is CCCC/C=C\CCCCCCCC(=O)OCC(COC(=O)CCCCCCCCCCCCCCCCCCCCCCCC)OC(=O)CCCCCCCCCCCCCCC. The molecule has 6 heteroatoms. The van der Waals surface area contributed by atoms with Gasteiger partial charge in [-0.2, -0.15) is 0 Å².